The molecule has 0 saturated carbocycles. The first-order valence-corrected chi connectivity index (χ1v) is 8.87. The van der Waals surface area contributed by atoms with Crippen molar-refractivity contribution in [3.8, 4) is 0 Å². The molecule has 20 heavy (non-hydrogen) atoms. The van der Waals surface area contributed by atoms with Crippen LogP contribution in [-0.4, -0.2) is 22.6 Å². The van der Waals surface area contributed by atoms with E-state index in [0.717, 1.165) is 19.6 Å². The lowest BCUT2D eigenvalue weighted by atomic mass is 10.1. The van der Waals surface area contributed by atoms with Gasteiger partial charge in [-0.05, 0) is 60.0 Å². The molecule has 0 radical (unpaired) electrons. The molecule has 1 aromatic heterocycles. The van der Waals surface area contributed by atoms with Crippen molar-refractivity contribution in [3.05, 3.63) is 36.0 Å². The molecule has 1 N–H and O–H groups in total. The predicted molar refractivity (Wildman–Crippen MR) is 91.6 cm³/mol. The molecule has 0 fully saturated rings. The lowest BCUT2D eigenvalue weighted by molar-refractivity contribution is 0.675. The minimum atomic E-state index is 0.974. The Morgan fingerprint density at radius 1 is 1.20 bits per heavy atom. The fourth-order valence-electron chi connectivity index (χ4n) is 2.45. The number of nitrogens with one attached hydrogen (secondary N) is 1. The number of aromatic nitrogens is 1. The second-order valence-electron chi connectivity index (χ2n) is 5.13. The molecule has 0 aliphatic carbocycles. The van der Waals surface area contributed by atoms with Crippen molar-refractivity contribution in [2.45, 2.75) is 39.8 Å². The van der Waals surface area contributed by atoms with E-state index >= 15 is 0 Å². The van der Waals surface area contributed by atoms with Crippen LogP contribution >= 0.6 is 11.8 Å². The van der Waals surface area contributed by atoms with Crippen LogP contribution in [0.2, 0.25) is 0 Å². The molecule has 2 rings (SSSR count). The number of thioether (sulfide) groups is 1. The van der Waals surface area contributed by atoms with Crippen LogP contribution in [0.4, 0.5) is 0 Å². The van der Waals surface area contributed by atoms with Crippen molar-refractivity contribution < 1.29 is 0 Å². The van der Waals surface area contributed by atoms with Gasteiger partial charge in [-0.3, -0.25) is 0 Å². The molecule has 1 aromatic carbocycles. The number of hydrogen-bond donors (Lipinski definition) is 1. The second-order valence-corrected chi connectivity index (χ2v) is 6.52. The SMILES string of the molecule is CCCNCc1ccc2c(ccn2CCCSCC)c1. The molecule has 0 amide bonds. The molecule has 0 unspecified atom stereocenters. The highest BCUT2D eigenvalue weighted by Gasteiger charge is 2.02. The maximum absolute atomic E-state index is 3.46. The number of nitrogens with zero attached hydrogens (tertiary/aromatic N) is 1. The summed E-state index contributed by atoms with van der Waals surface area (Å²) in [6.07, 6.45) is 4.67. The third kappa shape index (κ3) is 4.29. The minimum Gasteiger partial charge on any atom is -0.347 e. The Morgan fingerprint density at radius 3 is 2.90 bits per heavy atom. The van der Waals surface area contributed by atoms with Gasteiger partial charge in [-0.15, -0.1) is 0 Å². The standard InChI is InChI=1S/C17H26N2S/c1-3-9-18-14-15-6-7-17-16(13-15)8-11-19(17)10-5-12-20-4-2/h6-8,11,13,18H,3-5,9-10,12,14H2,1-2H3. The van der Waals surface area contributed by atoms with Crippen molar-refractivity contribution >= 4 is 22.7 Å². The van der Waals surface area contributed by atoms with Crippen LogP contribution in [0.25, 0.3) is 10.9 Å². The maximum Gasteiger partial charge on any atom is 0.0480 e. The topological polar surface area (TPSA) is 17.0 Å². The molecule has 2 aromatic rings. The zero-order valence-corrected chi connectivity index (χ0v) is 13.5. The Balaban J connectivity index is 1.97. The van der Waals surface area contributed by atoms with Gasteiger partial charge < -0.3 is 9.88 Å². The Kier molecular flexibility index (Phi) is 6.48. The third-order valence-corrected chi connectivity index (χ3v) is 4.47. The molecule has 0 spiro atoms. The molecule has 0 aliphatic rings. The molecule has 3 heteroatoms. The van der Waals surface area contributed by atoms with E-state index in [2.05, 4.69) is 54.2 Å². The van der Waals surface area contributed by atoms with Crippen molar-refractivity contribution in [2.75, 3.05) is 18.1 Å². The van der Waals surface area contributed by atoms with Gasteiger partial charge in [0.05, 0.1) is 0 Å². The van der Waals surface area contributed by atoms with E-state index in [1.807, 2.05) is 11.8 Å². The molecule has 0 atom stereocenters. The molecule has 1 heterocycles. The van der Waals surface area contributed by atoms with Gasteiger partial charge in [0.15, 0.2) is 0 Å². The highest BCUT2D eigenvalue weighted by molar-refractivity contribution is 7.99. The van der Waals surface area contributed by atoms with Gasteiger partial charge >= 0.3 is 0 Å². The Bertz CT molecular complexity index is 519. The van der Waals surface area contributed by atoms with Crippen LogP contribution in [0.15, 0.2) is 30.5 Å². The summed E-state index contributed by atoms with van der Waals surface area (Å²) < 4.78 is 2.38. The zero-order chi connectivity index (χ0) is 14.2. The van der Waals surface area contributed by atoms with E-state index in [4.69, 9.17) is 0 Å². The molecule has 0 aliphatic heterocycles. The maximum atomic E-state index is 3.46. The van der Waals surface area contributed by atoms with Gasteiger partial charge in [0.1, 0.15) is 0 Å². The summed E-state index contributed by atoms with van der Waals surface area (Å²) in [6, 6.07) is 9.08. The van der Waals surface area contributed by atoms with Crippen LogP contribution < -0.4 is 5.32 Å². The second kappa shape index (κ2) is 8.38. The quantitative estimate of drug-likeness (QED) is 0.694. The van der Waals surface area contributed by atoms with Gasteiger partial charge in [0, 0.05) is 24.8 Å². The van der Waals surface area contributed by atoms with Gasteiger partial charge in [-0.1, -0.05) is 19.9 Å². The van der Waals surface area contributed by atoms with Crippen LogP contribution in [0.3, 0.4) is 0 Å². The van der Waals surface area contributed by atoms with Crippen LogP contribution in [0, 0.1) is 0 Å². The minimum absolute atomic E-state index is 0.974. The van der Waals surface area contributed by atoms with Crippen molar-refractivity contribution in [1.29, 1.82) is 0 Å². The first-order valence-electron chi connectivity index (χ1n) is 7.71. The van der Waals surface area contributed by atoms with Crippen molar-refractivity contribution in [3.63, 3.8) is 0 Å². The van der Waals surface area contributed by atoms with Crippen molar-refractivity contribution in [2.24, 2.45) is 0 Å². The molecule has 0 bridgehead atoms. The highest BCUT2D eigenvalue weighted by Crippen LogP contribution is 2.18. The van der Waals surface area contributed by atoms with Gasteiger partial charge in [-0.2, -0.15) is 11.8 Å². The molecular weight excluding hydrogens is 264 g/mol. The number of fused-ring (bicyclic) bond motifs is 1. The van der Waals surface area contributed by atoms with E-state index < -0.39 is 0 Å². The van der Waals surface area contributed by atoms with Crippen LogP contribution in [0.1, 0.15) is 32.3 Å². The van der Waals surface area contributed by atoms with E-state index in [-0.39, 0.29) is 0 Å². The Morgan fingerprint density at radius 2 is 2.10 bits per heavy atom. The van der Waals surface area contributed by atoms with Crippen molar-refractivity contribution in [1.82, 2.24) is 9.88 Å². The van der Waals surface area contributed by atoms with Gasteiger partial charge in [-0.25, -0.2) is 0 Å². The lowest BCUT2D eigenvalue weighted by Gasteiger charge is -2.07. The number of aryl methyl sites for hydroxylation is 1. The predicted octanol–water partition coefficient (Wildman–Crippen LogP) is 4.28. The van der Waals surface area contributed by atoms with Gasteiger partial charge in [0.25, 0.3) is 0 Å². The normalized spacial score (nSPS) is 11.3. The molecular formula is C17H26N2S. The summed E-state index contributed by atoms with van der Waals surface area (Å²) >= 11 is 2.03. The van der Waals surface area contributed by atoms with E-state index in [0.29, 0.717) is 0 Å². The summed E-state index contributed by atoms with van der Waals surface area (Å²) in [5.41, 5.74) is 2.75. The molecule has 0 saturated heterocycles. The monoisotopic (exact) mass is 290 g/mol. The zero-order valence-electron chi connectivity index (χ0n) is 12.7. The Labute approximate surface area is 126 Å². The summed E-state index contributed by atoms with van der Waals surface area (Å²) in [4.78, 5) is 0. The summed E-state index contributed by atoms with van der Waals surface area (Å²) in [7, 11) is 0. The van der Waals surface area contributed by atoms with Crippen LogP contribution in [0.5, 0.6) is 0 Å². The number of hydrogen-bond acceptors (Lipinski definition) is 2. The fourth-order valence-corrected chi connectivity index (χ4v) is 3.07. The van der Waals surface area contributed by atoms with E-state index in [9.17, 15) is 0 Å². The smallest absolute Gasteiger partial charge is 0.0480 e. The third-order valence-electron chi connectivity index (χ3n) is 3.48. The number of rotatable bonds is 9. The average Bonchev–Trinajstić information content (AvgIpc) is 2.86. The van der Waals surface area contributed by atoms with E-state index in [1.54, 1.807) is 0 Å². The van der Waals surface area contributed by atoms with Gasteiger partial charge in [0.2, 0.25) is 0 Å². The number of benzene rings is 1. The highest BCUT2D eigenvalue weighted by atomic mass is 32.2. The molecule has 110 valence electrons. The van der Waals surface area contributed by atoms with E-state index in [1.165, 1.54) is 40.8 Å². The summed E-state index contributed by atoms with van der Waals surface area (Å²) in [6.45, 7) is 7.62. The largest absolute Gasteiger partial charge is 0.347 e. The summed E-state index contributed by atoms with van der Waals surface area (Å²) in [5, 5.41) is 4.83. The van der Waals surface area contributed by atoms with Crippen LogP contribution in [-0.2, 0) is 13.1 Å². The molecule has 2 nitrogen and oxygen atoms in total. The first kappa shape index (κ1) is 15.5. The average molecular weight is 290 g/mol. The Hall–Kier alpha value is -0.930. The summed E-state index contributed by atoms with van der Waals surface area (Å²) in [5.74, 6) is 2.48. The first-order chi connectivity index (χ1) is 9.85. The fraction of sp³-hybridized carbons (Fsp3) is 0.529. The lowest BCUT2D eigenvalue weighted by Crippen LogP contribution is -2.13.